The van der Waals surface area contributed by atoms with Crippen molar-refractivity contribution >= 4 is 29.1 Å². The molecule has 7 nitrogen and oxygen atoms in total. The number of ether oxygens (including phenoxy) is 1. The van der Waals surface area contributed by atoms with Gasteiger partial charge in [0.15, 0.2) is 0 Å². The van der Waals surface area contributed by atoms with Crippen molar-refractivity contribution in [3.05, 3.63) is 69.7 Å². The van der Waals surface area contributed by atoms with Gasteiger partial charge in [-0.25, -0.2) is 5.01 Å². The monoisotopic (exact) mass is 552 g/mol. The number of carbonyl (C=O) groups excluding carboxylic acids is 2. The van der Waals surface area contributed by atoms with E-state index >= 15 is 0 Å². The van der Waals surface area contributed by atoms with Gasteiger partial charge in [0.2, 0.25) is 5.91 Å². The molecule has 2 aliphatic heterocycles. The molecule has 0 unspecified atom stereocenters. The van der Waals surface area contributed by atoms with Crippen LogP contribution >= 0.6 is 11.6 Å². The van der Waals surface area contributed by atoms with Crippen molar-refractivity contribution in [1.82, 2.24) is 14.8 Å². The average molecular weight is 553 g/mol. The van der Waals surface area contributed by atoms with Gasteiger partial charge in [0.05, 0.1) is 25.0 Å². The number of carbonyl (C=O) groups is 2. The normalized spacial score (nSPS) is 18.3. The summed E-state index contributed by atoms with van der Waals surface area (Å²) >= 11 is 6.61. The molecule has 39 heavy (non-hydrogen) atoms. The Kier molecular flexibility index (Phi) is 9.47. The van der Waals surface area contributed by atoms with Gasteiger partial charge in [-0.2, -0.15) is 5.10 Å². The summed E-state index contributed by atoms with van der Waals surface area (Å²) in [5.41, 5.74) is 4.91. The molecule has 1 saturated heterocycles. The molecule has 1 fully saturated rings. The van der Waals surface area contributed by atoms with Crippen LogP contribution in [0.15, 0.2) is 47.6 Å². The van der Waals surface area contributed by atoms with Crippen LogP contribution in [0.4, 0.5) is 0 Å². The molecule has 2 aromatic carbocycles. The van der Waals surface area contributed by atoms with E-state index < -0.39 is 0 Å². The number of benzene rings is 2. The Morgan fingerprint density at radius 2 is 1.79 bits per heavy atom. The molecule has 0 spiro atoms. The third-order valence-corrected chi connectivity index (χ3v) is 7.76. The first kappa shape index (κ1) is 29.2. The van der Waals surface area contributed by atoms with Gasteiger partial charge >= 0.3 is 0 Å². The lowest BCUT2D eigenvalue weighted by Crippen LogP contribution is -2.47. The second-order valence-electron chi connectivity index (χ2n) is 11.8. The minimum atomic E-state index is -0.332. The van der Waals surface area contributed by atoms with E-state index in [2.05, 4.69) is 36.9 Å². The minimum absolute atomic E-state index is 0.0176. The Bertz CT molecular complexity index is 1220. The second-order valence-corrected chi connectivity index (χ2v) is 12.2. The number of hydrogen-bond donors (Lipinski definition) is 0. The molecule has 4 rings (SSSR count). The van der Waals surface area contributed by atoms with Crippen LogP contribution in [0.3, 0.4) is 0 Å². The third kappa shape index (κ3) is 7.68. The van der Waals surface area contributed by atoms with Crippen LogP contribution in [0.2, 0.25) is 5.02 Å². The molecule has 0 aromatic heterocycles. The van der Waals surface area contributed by atoms with Crippen LogP contribution in [-0.4, -0.2) is 78.3 Å². The molecule has 2 aromatic rings. The van der Waals surface area contributed by atoms with Crippen LogP contribution in [0, 0.1) is 19.3 Å². The van der Waals surface area contributed by atoms with E-state index in [1.807, 2.05) is 45.0 Å². The Morgan fingerprint density at radius 1 is 1.08 bits per heavy atom. The summed E-state index contributed by atoms with van der Waals surface area (Å²) in [5.74, 6) is -0.223. The summed E-state index contributed by atoms with van der Waals surface area (Å²) in [4.78, 5) is 31.3. The van der Waals surface area contributed by atoms with Gasteiger partial charge in [-0.15, -0.1) is 0 Å². The van der Waals surface area contributed by atoms with E-state index in [9.17, 15) is 9.59 Å². The predicted molar refractivity (Wildman–Crippen MR) is 156 cm³/mol. The maximum atomic E-state index is 13.9. The molecule has 8 heteroatoms. The second kappa shape index (κ2) is 12.6. The van der Waals surface area contributed by atoms with Gasteiger partial charge in [-0.05, 0) is 53.6 Å². The van der Waals surface area contributed by atoms with Crippen molar-refractivity contribution in [2.45, 2.75) is 53.5 Å². The topological polar surface area (TPSA) is 65.5 Å². The van der Waals surface area contributed by atoms with Gasteiger partial charge in [0.25, 0.3) is 5.91 Å². The van der Waals surface area contributed by atoms with Crippen molar-refractivity contribution in [3.63, 3.8) is 0 Å². The van der Waals surface area contributed by atoms with E-state index in [4.69, 9.17) is 21.4 Å². The number of rotatable bonds is 8. The highest BCUT2D eigenvalue weighted by Gasteiger charge is 2.36. The summed E-state index contributed by atoms with van der Waals surface area (Å²) < 4.78 is 5.47. The molecule has 0 saturated carbocycles. The minimum Gasteiger partial charge on any atom is -0.379 e. The van der Waals surface area contributed by atoms with Gasteiger partial charge < -0.3 is 9.64 Å². The predicted octanol–water partition coefficient (Wildman–Crippen LogP) is 5.23. The van der Waals surface area contributed by atoms with Crippen LogP contribution in [-0.2, 0) is 14.3 Å². The van der Waals surface area contributed by atoms with E-state index in [0.717, 1.165) is 29.9 Å². The smallest absolute Gasteiger partial charge is 0.262 e. The van der Waals surface area contributed by atoms with E-state index in [1.54, 1.807) is 9.91 Å². The Morgan fingerprint density at radius 3 is 2.46 bits per heavy atom. The van der Waals surface area contributed by atoms with Crippen molar-refractivity contribution in [3.8, 4) is 0 Å². The number of aryl methyl sites for hydroxylation is 2. The molecule has 210 valence electrons. The number of amides is 2. The lowest BCUT2D eigenvalue weighted by molar-refractivity contribution is -0.142. The molecular weight excluding hydrogens is 512 g/mol. The average Bonchev–Trinajstić information content (AvgIpc) is 3.33. The molecule has 2 amide bonds. The Balaban J connectivity index is 1.60. The first-order valence-electron chi connectivity index (χ1n) is 13.8. The molecule has 0 N–H and O–H groups in total. The summed E-state index contributed by atoms with van der Waals surface area (Å²) in [6, 6.07) is 13.5. The lowest BCUT2D eigenvalue weighted by atomic mass is 9.91. The van der Waals surface area contributed by atoms with E-state index in [-0.39, 0.29) is 29.8 Å². The van der Waals surface area contributed by atoms with Crippen molar-refractivity contribution < 1.29 is 14.3 Å². The van der Waals surface area contributed by atoms with Crippen LogP contribution in [0.1, 0.15) is 61.9 Å². The highest BCUT2D eigenvalue weighted by molar-refractivity contribution is 6.31. The molecule has 2 aliphatic rings. The van der Waals surface area contributed by atoms with Crippen molar-refractivity contribution in [2.75, 3.05) is 45.9 Å². The summed E-state index contributed by atoms with van der Waals surface area (Å²) in [7, 11) is 0. The van der Waals surface area contributed by atoms with Crippen molar-refractivity contribution in [1.29, 1.82) is 0 Å². The van der Waals surface area contributed by atoms with Crippen molar-refractivity contribution in [2.24, 2.45) is 10.5 Å². The number of hydrogen-bond acceptors (Lipinski definition) is 5. The SMILES string of the molecule is Cc1ccc(C2=NN(C(=O)CN(CCN3CCOCC3)C(=O)CC(C)(C)C)[C@@H](c3ccccc3Cl)C2)cc1C. The summed E-state index contributed by atoms with van der Waals surface area (Å²) in [6.07, 6.45) is 0.927. The molecule has 0 aliphatic carbocycles. The summed E-state index contributed by atoms with van der Waals surface area (Å²) in [6.45, 7) is 14.5. The molecule has 1 atom stereocenters. The quantitative estimate of drug-likeness (QED) is 0.450. The van der Waals surface area contributed by atoms with Crippen LogP contribution in [0.5, 0.6) is 0 Å². The fourth-order valence-electron chi connectivity index (χ4n) is 5.00. The first-order valence-corrected chi connectivity index (χ1v) is 14.2. The molecular formula is C31H41ClN4O3. The number of nitrogens with zero attached hydrogens (tertiary/aromatic N) is 4. The van der Waals surface area contributed by atoms with Crippen LogP contribution in [0.25, 0.3) is 0 Å². The molecule has 0 bridgehead atoms. The fraction of sp³-hybridized carbons (Fsp3) is 0.516. The number of halogens is 1. The maximum absolute atomic E-state index is 13.9. The van der Waals surface area contributed by atoms with Gasteiger partial charge in [-0.3, -0.25) is 14.5 Å². The summed E-state index contributed by atoms with van der Waals surface area (Å²) in [5, 5.41) is 7.00. The van der Waals surface area contributed by atoms with Gasteiger partial charge in [-0.1, -0.05) is 62.7 Å². The zero-order chi connectivity index (χ0) is 28.2. The highest BCUT2D eigenvalue weighted by atomic mass is 35.5. The largest absolute Gasteiger partial charge is 0.379 e. The lowest BCUT2D eigenvalue weighted by Gasteiger charge is -2.32. The molecule has 0 radical (unpaired) electrons. The van der Waals surface area contributed by atoms with Crippen LogP contribution < -0.4 is 0 Å². The zero-order valence-electron chi connectivity index (χ0n) is 23.9. The standard InChI is InChI=1S/C31H41ClN4O3/c1-22-10-11-24(18-23(22)2)27-19-28(25-8-6-7-9-26(25)32)36(33-27)30(38)21-35(29(37)20-31(3,4)5)13-12-34-14-16-39-17-15-34/h6-11,18,28H,12-17,19-21H2,1-5H3/t28-/m1/s1. The number of morpholine rings is 1. The Hall–Kier alpha value is -2.74. The first-order chi connectivity index (χ1) is 18.5. The third-order valence-electron chi connectivity index (χ3n) is 7.42. The van der Waals surface area contributed by atoms with E-state index in [0.29, 0.717) is 44.2 Å². The molecule has 2 heterocycles. The Labute approximate surface area is 237 Å². The van der Waals surface area contributed by atoms with Gasteiger partial charge in [0.1, 0.15) is 6.54 Å². The maximum Gasteiger partial charge on any atom is 0.262 e. The highest BCUT2D eigenvalue weighted by Crippen LogP contribution is 2.36. The number of hydrazone groups is 1. The zero-order valence-corrected chi connectivity index (χ0v) is 24.6. The fourth-order valence-corrected chi connectivity index (χ4v) is 5.27. The van der Waals surface area contributed by atoms with E-state index in [1.165, 1.54) is 11.1 Å². The van der Waals surface area contributed by atoms with Gasteiger partial charge in [0, 0.05) is 44.0 Å².